The summed E-state index contributed by atoms with van der Waals surface area (Å²) in [6.45, 7) is 9.32. The SMILES string of the molecule is C=CCOC(=O)c1c(C(=O)O)cc(C(=O)c2ccccc2)c(C(=O)OCC=C)c1C(=O)OCC=C. The van der Waals surface area contributed by atoms with Crippen LogP contribution in [0.5, 0.6) is 0 Å². The first-order valence-corrected chi connectivity index (χ1v) is 10.2. The van der Waals surface area contributed by atoms with Gasteiger partial charge in [0.25, 0.3) is 0 Å². The topological polar surface area (TPSA) is 133 Å². The molecule has 0 aliphatic carbocycles. The molecule has 2 aromatic carbocycles. The van der Waals surface area contributed by atoms with Crippen molar-refractivity contribution in [3.05, 3.63) is 108 Å². The van der Waals surface area contributed by atoms with Crippen molar-refractivity contribution in [2.45, 2.75) is 0 Å². The van der Waals surface area contributed by atoms with Gasteiger partial charge in [0.05, 0.1) is 22.3 Å². The van der Waals surface area contributed by atoms with Crippen LogP contribution in [-0.4, -0.2) is 54.6 Å². The lowest BCUT2D eigenvalue weighted by atomic mass is 9.87. The van der Waals surface area contributed by atoms with E-state index < -0.39 is 57.5 Å². The first-order valence-electron chi connectivity index (χ1n) is 10.2. The Balaban J connectivity index is 3.00. The van der Waals surface area contributed by atoms with E-state index in [1.165, 1.54) is 30.4 Å². The molecule has 9 nitrogen and oxygen atoms in total. The molecule has 9 heteroatoms. The van der Waals surface area contributed by atoms with Crippen LogP contribution in [-0.2, 0) is 14.2 Å². The van der Waals surface area contributed by atoms with Crippen LogP contribution in [0.1, 0.15) is 57.4 Å². The quantitative estimate of drug-likeness (QED) is 0.210. The molecular formula is C26H22O9. The highest BCUT2D eigenvalue weighted by Crippen LogP contribution is 2.29. The molecule has 0 heterocycles. The zero-order valence-electron chi connectivity index (χ0n) is 18.7. The summed E-state index contributed by atoms with van der Waals surface area (Å²) in [5.41, 5.74) is -3.34. The molecule has 35 heavy (non-hydrogen) atoms. The van der Waals surface area contributed by atoms with E-state index in [0.29, 0.717) is 0 Å². The third-order valence-electron chi connectivity index (χ3n) is 4.45. The second-order valence-electron chi connectivity index (χ2n) is 6.76. The number of aromatic carboxylic acids is 1. The fourth-order valence-electron chi connectivity index (χ4n) is 3.02. The van der Waals surface area contributed by atoms with E-state index in [0.717, 1.165) is 6.07 Å². The summed E-state index contributed by atoms with van der Waals surface area (Å²) in [6, 6.07) is 8.46. The lowest BCUT2D eigenvalue weighted by Crippen LogP contribution is -2.26. The number of carbonyl (C=O) groups is 5. The van der Waals surface area contributed by atoms with E-state index in [1.54, 1.807) is 18.2 Å². The number of carboxylic acid groups (broad SMARTS) is 1. The van der Waals surface area contributed by atoms with Crippen molar-refractivity contribution >= 4 is 29.7 Å². The molecule has 0 atom stereocenters. The number of carbonyl (C=O) groups excluding carboxylic acids is 4. The minimum absolute atomic E-state index is 0.0917. The van der Waals surface area contributed by atoms with Crippen molar-refractivity contribution in [1.82, 2.24) is 0 Å². The van der Waals surface area contributed by atoms with Gasteiger partial charge < -0.3 is 19.3 Å². The largest absolute Gasteiger partial charge is 0.478 e. The molecule has 180 valence electrons. The second kappa shape index (κ2) is 12.4. The molecule has 0 amide bonds. The van der Waals surface area contributed by atoms with Gasteiger partial charge in [-0.3, -0.25) is 4.79 Å². The Bertz CT molecular complexity index is 1190. The molecule has 0 aliphatic heterocycles. The highest BCUT2D eigenvalue weighted by Gasteiger charge is 2.36. The number of benzene rings is 2. The molecule has 0 saturated carbocycles. The van der Waals surface area contributed by atoms with Gasteiger partial charge in [-0.2, -0.15) is 0 Å². The zero-order valence-corrected chi connectivity index (χ0v) is 18.7. The fraction of sp³-hybridized carbons (Fsp3) is 0.115. The number of esters is 3. The van der Waals surface area contributed by atoms with Gasteiger partial charge in [0.2, 0.25) is 0 Å². The van der Waals surface area contributed by atoms with Crippen LogP contribution < -0.4 is 0 Å². The van der Waals surface area contributed by atoms with Crippen LogP contribution >= 0.6 is 0 Å². The van der Waals surface area contributed by atoms with Gasteiger partial charge in [0.1, 0.15) is 19.8 Å². The van der Waals surface area contributed by atoms with Crippen molar-refractivity contribution in [3.63, 3.8) is 0 Å². The van der Waals surface area contributed by atoms with Crippen LogP contribution in [0.4, 0.5) is 0 Å². The molecule has 2 rings (SSSR count). The van der Waals surface area contributed by atoms with Crippen molar-refractivity contribution in [1.29, 1.82) is 0 Å². The Morgan fingerprint density at radius 1 is 0.686 bits per heavy atom. The van der Waals surface area contributed by atoms with Gasteiger partial charge in [-0.05, 0) is 6.07 Å². The Morgan fingerprint density at radius 2 is 1.11 bits per heavy atom. The van der Waals surface area contributed by atoms with Crippen molar-refractivity contribution < 1.29 is 43.3 Å². The Labute approximate surface area is 200 Å². The van der Waals surface area contributed by atoms with Gasteiger partial charge in [0.15, 0.2) is 5.78 Å². The van der Waals surface area contributed by atoms with Crippen LogP contribution in [0.2, 0.25) is 0 Å². The average Bonchev–Trinajstić information content (AvgIpc) is 2.87. The van der Waals surface area contributed by atoms with Crippen molar-refractivity contribution in [3.8, 4) is 0 Å². The standard InChI is InChI=1S/C26H22O9/c1-4-12-33-24(30)19-17(22(27)16-10-8-7-9-11-16)15-18(23(28)29)20(25(31)34-13-5-2)21(19)26(32)35-14-6-3/h4-11,15H,1-3,12-14H2,(H,28,29). The predicted molar refractivity (Wildman–Crippen MR) is 125 cm³/mol. The molecule has 0 radical (unpaired) electrons. The van der Waals surface area contributed by atoms with E-state index in [4.69, 9.17) is 14.2 Å². The molecule has 1 N–H and O–H groups in total. The summed E-state index contributed by atoms with van der Waals surface area (Å²) in [5, 5.41) is 9.83. The monoisotopic (exact) mass is 478 g/mol. The third-order valence-corrected chi connectivity index (χ3v) is 4.45. The minimum atomic E-state index is -1.65. The van der Waals surface area contributed by atoms with Crippen molar-refractivity contribution in [2.24, 2.45) is 0 Å². The number of ether oxygens (including phenoxy) is 3. The Hall–Kier alpha value is -4.79. The number of rotatable bonds is 12. The summed E-state index contributed by atoms with van der Waals surface area (Å²) in [5.74, 6) is -6.12. The number of ketones is 1. The number of hydrogen-bond acceptors (Lipinski definition) is 8. The zero-order chi connectivity index (χ0) is 26.0. The van der Waals surface area contributed by atoms with E-state index in [2.05, 4.69) is 19.7 Å². The molecule has 0 spiro atoms. The average molecular weight is 478 g/mol. The first kappa shape index (κ1) is 26.5. The van der Waals surface area contributed by atoms with Crippen LogP contribution in [0, 0.1) is 0 Å². The molecule has 0 aromatic heterocycles. The number of carboxylic acids is 1. The van der Waals surface area contributed by atoms with Gasteiger partial charge >= 0.3 is 23.9 Å². The lowest BCUT2D eigenvalue weighted by Gasteiger charge is -2.18. The third kappa shape index (κ3) is 6.17. The van der Waals surface area contributed by atoms with Crippen LogP contribution in [0.15, 0.2) is 74.4 Å². The summed E-state index contributed by atoms with van der Waals surface area (Å²) in [4.78, 5) is 64.4. The molecule has 0 saturated heterocycles. The summed E-state index contributed by atoms with van der Waals surface area (Å²) >= 11 is 0. The summed E-state index contributed by atoms with van der Waals surface area (Å²) < 4.78 is 15.1. The van der Waals surface area contributed by atoms with E-state index >= 15 is 0 Å². The van der Waals surface area contributed by atoms with E-state index in [9.17, 15) is 29.1 Å². The maximum Gasteiger partial charge on any atom is 0.340 e. The highest BCUT2D eigenvalue weighted by atomic mass is 16.5. The smallest absolute Gasteiger partial charge is 0.340 e. The van der Waals surface area contributed by atoms with E-state index in [-0.39, 0.29) is 25.4 Å². The molecular weight excluding hydrogens is 456 g/mol. The maximum absolute atomic E-state index is 13.3. The minimum Gasteiger partial charge on any atom is -0.478 e. The lowest BCUT2D eigenvalue weighted by molar-refractivity contribution is 0.0477. The van der Waals surface area contributed by atoms with E-state index in [1.807, 2.05) is 0 Å². The predicted octanol–water partition coefficient (Wildman–Crippen LogP) is 3.64. The fourth-order valence-corrected chi connectivity index (χ4v) is 3.02. The van der Waals surface area contributed by atoms with Gasteiger partial charge in [-0.15, -0.1) is 0 Å². The number of hydrogen-bond donors (Lipinski definition) is 1. The maximum atomic E-state index is 13.3. The Morgan fingerprint density at radius 3 is 1.54 bits per heavy atom. The summed E-state index contributed by atoms with van der Waals surface area (Å²) in [7, 11) is 0. The second-order valence-corrected chi connectivity index (χ2v) is 6.76. The van der Waals surface area contributed by atoms with Gasteiger partial charge in [0, 0.05) is 11.1 Å². The Kier molecular flexibility index (Phi) is 9.41. The molecule has 0 bridgehead atoms. The van der Waals surface area contributed by atoms with Crippen molar-refractivity contribution in [2.75, 3.05) is 19.8 Å². The molecule has 0 aliphatic rings. The van der Waals surface area contributed by atoms with Crippen LogP contribution in [0.25, 0.3) is 0 Å². The molecule has 0 unspecified atom stereocenters. The van der Waals surface area contributed by atoms with Crippen LogP contribution in [0.3, 0.4) is 0 Å². The summed E-state index contributed by atoms with van der Waals surface area (Å²) in [6.07, 6.45) is 3.69. The highest BCUT2D eigenvalue weighted by molar-refractivity contribution is 6.22. The normalized spacial score (nSPS) is 9.94. The molecule has 2 aromatic rings. The van der Waals surface area contributed by atoms with Gasteiger partial charge in [-0.1, -0.05) is 68.3 Å². The first-order chi connectivity index (χ1) is 16.8. The van der Waals surface area contributed by atoms with Gasteiger partial charge in [-0.25, -0.2) is 19.2 Å². The molecule has 0 fully saturated rings.